The molecule has 2 N–H and O–H groups in total. The van der Waals surface area contributed by atoms with Crippen LogP contribution in [0.3, 0.4) is 0 Å². The molecule has 158 valence electrons. The molecule has 0 radical (unpaired) electrons. The van der Waals surface area contributed by atoms with E-state index in [0.717, 1.165) is 28.3 Å². The predicted octanol–water partition coefficient (Wildman–Crippen LogP) is 3.43. The Balaban J connectivity index is 1.41. The maximum absolute atomic E-state index is 12.6. The van der Waals surface area contributed by atoms with Crippen LogP contribution in [0.15, 0.2) is 60.8 Å². The summed E-state index contributed by atoms with van der Waals surface area (Å²) in [7, 11) is 1.63. The van der Waals surface area contributed by atoms with E-state index in [9.17, 15) is 4.79 Å². The molecule has 0 fully saturated rings. The molecule has 0 bridgehead atoms. The molecule has 1 amide bonds. The van der Waals surface area contributed by atoms with E-state index in [0.29, 0.717) is 17.1 Å². The van der Waals surface area contributed by atoms with Crippen molar-refractivity contribution in [1.29, 1.82) is 0 Å². The lowest BCUT2D eigenvalue weighted by atomic mass is 10.1. The minimum absolute atomic E-state index is 0.0673. The lowest BCUT2D eigenvalue weighted by molar-refractivity contribution is -0.121. The second kappa shape index (κ2) is 8.97. The summed E-state index contributed by atoms with van der Waals surface area (Å²) >= 11 is 5.32. The van der Waals surface area contributed by atoms with Crippen molar-refractivity contribution in [1.82, 2.24) is 29.9 Å². The van der Waals surface area contributed by atoms with Gasteiger partial charge in [0.25, 0.3) is 0 Å². The van der Waals surface area contributed by atoms with E-state index in [2.05, 4.69) is 20.6 Å². The van der Waals surface area contributed by atoms with E-state index in [-0.39, 0.29) is 12.5 Å². The zero-order valence-electron chi connectivity index (χ0n) is 17.2. The number of nitrogens with zero attached hydrogens (tertiary/aromatic N) is 4. The van der Waals surface area contributed by atoms with E-state index in [1.807, 2.05) is 67.7 Å². The number of benzene rings is 2. The zero-order valence-corrected chi connectivity index (χ0v) is 18.0. The van der Waals surface area contributed by atoms with Crippen LogP contribution >= 0.6 is 12.2 Å². The molecule has 4 aromatic rings. The zero-order chi connectivity index (χ0) is 21.8. The third-order valence-electron chi connectivity index (χ3n) is 4.78. The summed E-state index contributed by atoms with van der Waals surface area (Å²) in [6.07, 6.45) is 1.85. The summed E-state index contributed by atoms with van der Waals surface area (Å²) in [5, 5.41) is 14.5. The first kappa shape index (κ1) is 20.5. The average Bonchev–Trinajstić information content (AvgIpc) is 3.40. The summed E-state index contributed by atoms with van der Waals surface area (Å²) < 4.78 is 9.02. The number of aromatic amines is 1. The summed E-state index contributed by atoms with van der Waals surface area (Å²) in [6.45, 7) is 2.39. The van der Waals surface area contributed by atoms with Gasteiger partial charge in [0.1, 0.15) is 12.3 Å². The molecule has 31 heavy (non-hydrogen) atoms. The van der Waals surface area contributed by atoms with Gasteiger partial charge in [-0.05, 0) is 55.5 Å². The minimum Gasteiger partial charge on any atom is -0.497 e. The molecule has 2 aromatic carbocycles. The molecule has 0 saturated heterocycles. The number of carbonyl (C=O) groups is 1. The fourth-order valence-electron chi connectivity index (χ4n) is 3.19. The molecule has 8 nitrogen and oxygen atoms in total. The van der Waals surface area contributed by atoms with Crippen LogP contribution in [0, 0.1) is 11.7 Å². The number of amides is 1. The fourth-order valence-corrected chi connectivity index (χ4v) is 3.39. The SMILES string of the molecule is COc1ccc(-n2ccc(CNC(=O)Cn3c(-c4cccc(C)c4)n[nH]c3=S)n2)cc1. The Bertz CT molecular complexity index is 1260. The topological polar surface area (TPSA) is 89.8 Å². The van der Waals surface area contributed by atoms with Crippen LogP contribution in [0.4, 0.5) is 0 Å². The normalized spacial score (nSPS) is 10.8. The van der Waals surface area contributed by atoms with Gasteiger partial charge >= 0.3 is 0 Å². The van der Waals surface area contributed by atoms with Gasteiger partial charge in [-0.3, -0.25) is 14.5 Å². The number of rotatable bonds is 7. The van der Waals surface area contributed by atoms with Crippen molar-refractivity contribution >= 4 is 18.1 Å². The number of ether oxygens (including phenoxy) is 1. The average molecular weight is 435 g/mol. The molecule has 0 atom stereocenters. The number of aromatic nitrogens is 5. The standard InChI is InChI=1S/C22H22N6O2S/c1-15-4-3-5-16(12-15)21-24-25-22(31)27(21)14-20(29)23-13-17-10-11-28(26-17)18-6-8-19(30-2)9-7-18/h3-12H,13-14H2,1-2H3,(H,23,29)(H,25,31). The van der Waals surface area contributed by atoms with Crippen molar-refractivity contribution in [3.8, 4) is 22.8 Å². The van der Waals surface area contributed by atoms with Crippen molar-refractivity contribution in [3.05, 3.63) is 76.8 Å². The molecule has 2 heterocycles. The van der Waals surface area contributed by atoms with Crippen molar-refractivity contribution in [2.24, 2.45) is 0 Å². The Morgan fingerprint density at radius 2 is 2.00 bits per heavy atom. The molecule has 0 aliphatic heterocycles. The van der Waals surface area contributed by atoms with Crippen LogP contribution < -0.4 is 10.1 Å². The largest absolute Gasteiger partial charge is 0.497 e. The van der Waals surface area contributed by atoms with Crippen molar-refractivity contribution in [2.45, 2.75) is 20.0 Å². The molecule has 0 unspecified atom stereocenters. The van der Waals surface area contributed by atoms with Gasteiger partial charge in [-0.2, -0.15) is 10.2 Å². The second-order valence-corrected chi connectivity index (χ2v) is 7.42. The monoisotopic (exact) mass is 434 g/mol. The highest BCUT2D eigenvalue weighted by Crippen LogP contribution is 2.18. The number of nitrogens with one attached hydrogen (secondary N) is 2. The van der Waals surface area contributed by atoms with Crippen LogP contribution in [0.25, 0.3) is 17.1 Å². The predicted molar refractivity (Wildman–Crippen MR) is 120 cm³/mol. The van der Waals surface area contributed by atoms with Crippen molar-refractivity contribution in [3.63, 3.8) is 0 Å². The molecule has 0 aliphatic carbocycles. The number of hydrogen-bond donors (Lipinski definition) is 2. The van der Waals surface area contributed by atoms with Crippen LogP contribution in [-0.2, 0) is 17.9 Å². The Morgan fingerprint density at radius 3 is 2.74 bits per heavy atom. The van der Waals surface area contributed by atoms with Crippen molar-refractivity contribution in [2.75, 3.05) is 7.11 Å². The molecule has 0 spiro atoms. The molecule has 9 heteroatoms. The molecule has 4 rings (SSSR count). The number of methoxy groups -OCH3 is 1. The Kier molecular flexibility index (Phi) is 5.94. The third-order valence-corrected chi connectivity index (χ3v) is 5.10. The van der Waals surface area contributed by atoms with Crippen LogP contribution in [0.1, 0.15) is 11.3 Å². The van der Waals surface area contributed by atoms with Crippen molar-refractivity contribution < 1.29 is 9.53 Å². The van der Waals surface area contributed by atoms with E-state index in [1.165, 1.54) is 0 Å². The maximum atomic E-state index is 12.6. The summed E-state index contributed by atoms with van der Waals surface area (Å²) in [5.41, 5.74) is 3.66. The van der Waals surface area contributed by atoms with Gasteiger partial charge in [-0.25, -0.2) is 4.68 Å². The van der Waals surface area contributed by atoms with Gasteiger partial charge in [-0.15, -0.1) is 0 Å². The Labute approximate surface area is 184 Å². The third kappa shape index (κ3) is 4.72. The first-order valence-electron chi connectivity index (χ1n) is 9.71. The summed E-state index contributed by atoms with van der Waals surface area (Å²) in [4.78, 5) is 12.6. The molecule has 2 aromatic heterocycles. The highest BCUT2D eigenvalue weighted by atomic mass is 32.1. The van der Waals surface area contributed by atoms with E-state index in [4.69, 9.17) is 17.0 Å². The maximum Gasteiger partial charge on any atom is 0.240 e. The number of hydrogen-bond acceptors (Lipinski definition) is 5. The van der Waals surface area contributed by atoms with Gasteiger partial charge in [0, 0.05) is 11.8 Å². The Hall–Kier alpha value is -3.72. The smallest absolute Gasteiger partial charge is 0.240 e. The van der Waals surface area contributed by atoms with Gasteiger partial charge in [0.05, 0.1) is 25.0 Å². The second-order valence-electron chi connectivity index (χ2n) is 7.03. The van der Waals surface area contributed by atoms with Gasteiger partial charge in [0.2, 0.25) is 5.91 Å². The molecular weight excluding hydrogens is 412 g/mol. The number of carbonyl (C=O) groups excluding carboxylic acids is 1. The lowest BCUT2D eigenvalue weighted by Crippen LogP contribution is -2.27. The number of aryl methyl sites for hydroxylation is 1. The molecule has 0 saturated carbocycles. The highest BCUT2D eigenvalue weighted by Gasteiger charge is 2.13. The van der Waals surface area contributed by atoms with Gasteiger partial charge in [0.15, 0.2) is 10.6 Å². The summed E-state index contributed by atoms with van der Waals surface area (Å²) in [5.74, 6) is 1.24. The van der Waals surface area contributed by atoms with Crippen LogP contribution in [0.5, 0.6) is 5.75 Å². The van der Waals surface area contributed by atoms with Crippen LogP contribution in [-0.4, -0.2) is 37.6 Å². The summed E-state index contributed by atoms with van der Waals surface area (Å²) in [6, 6.07) is 17.4. The minimum atomic E-state index is -0.176. The highest BCUT2D eigenvalue weighted by molar-refractivity contribution is 7.71. The first-order chi connectivity index (χ1) is 15.0. The van der Waals surface area contributed by atoms with Gasteiger partial charge < -0.3 is 10.1 Å². The lowest BCUT2D eigenvalue weighted by Gasteiger charge is -2.08. The van der Waals surface area contributed by atoms with E-state index >= 15 is 0 Å². The van der Waals surface area contributed by atoms with Gasteiger partial charge in [-0.1, -0.05) is 23.8 Å². The first-order valence-corrected chi connectivity index (χ1v) is 10.1. The Morgan fingerprint density at radius 1 is 1.19 bits per heavy atom. The fraction of sp³-hybridized carbons (Fsp3) is 0.182. The van der Waals surface area contributed by atoms with E-state index < -0.39 is 0 Å². The number of H-pyrrole nitrogens is 1. The van der Waals surface area contributed by atoms with Crippen LogP contribution in [0.2, 0.25) is 0 Å². The quantitative estimate of drug-likeness (QED) is 0.435. The molecular formula is C22H22N6O2S. The van der Waals surface area contributed by atoms with E-state index in [1.54, 1.807) is 16.4 Å². The molecule has 0 aliphatic rings.